The Morgan fingerprint density at radius 1 is 1.29 bits per heavy atom. The summed E-state index contributed by atoms with van der Waals surface area (Å²) in [6.07, 6.45) is 5.40. The second-order valence-electron chi connectivity index (χ2n) is 6.62. The van der Waals surface area contributed by atoms with Crippen molar-refractivity contribution in [3.8, 4) is 0 Å². The lowest BCUT2D eigenvalue weighted by Gasteiger charge is -2.11. The Hall–Kier alpha value is -2.02. The summed E-state index contributed by atoms with van der Waals surface area (Å²) in [7, 11) is 0. The van der Waals surface area contributed by atoms with Crippen LogP contribution in [0.4, 0.5) is 5.82 Å². The molecule has 6 nitrogen and oxygen atoms in total. The van der Waals surface area contributed by atoms with Crippen molar-refractivity contribution in [3.63, 3.8) is 0 Å². The minimum absolute atomic E-state index is 0.376. The van der Waals surface area contributed by atoms with Crippen LogP contribution in [0, 0.1) is 6.92 Å². The lowest BCUT2D eigenvalue weighted by atomic mass is 10.2. The number of aromatic nitrogens is 5. The molecule has 0 amide bonds. The molecule has 0 radical (unpaired) electrons. The van der Waals surface area contributed by atoms with E-state index in [0.717, 1.165) is 41.8 Å². The molecule has 3 aromatic rings. The second-order valence-corrected chi connectivity index (χ2v) is 7.70. The smallest absolute Gasteiger partial charge is 0.138 e. The minimum Gasteiger partial charge on any atom is -0.368 e. The summed E-state index contributed by atoms with van der Waals surface area (Å²) in [6.45, 7) is 7.87. The third-order valence-corrected chi connectivity index (χ3v) is 5.67. The molecule has 0 unspecified atom stereocenters. The van der Waals surface area contributed by atoms with Crippen LogP contribution in [-0.4, -0.2) is 31.3 Å². The van der Waals surface area contributed by atoms with Gasteiger partial charge in [-0.05, 0) is 31.7 Å². The quantitative estimate of drug-likeness (QED) is 0.770. The highest BCUT2D eigenvalue weighted by atomic mass is 32.1. The normalized spacial score (nSPS) is 13.8. The zero-order chi connectivity index (χ0) is 16.7. The first-order valence-electron chi connectivity index (χ1n) is 8.54. The first-order chi connectivity index (χ1) is 11.6. The Balaban J connectivity index is 1.57. The van der Waals surface area contributed by atoms with Crippen LogP contribution >= 0.6 is 11.3 Å². The number of aryl methyl sites for hydroxylation is 3. The van der Waals surface area contributed by atoms with E-state index in [2.05, 4.69) is 43.9 Å². The van der Waals surface area contributed by atoms with Crippen molar-refractivity contribution in [3.05, 3.63) is 28.4 Å². The molecule has 0 spiro atoms. The molecule has 24 heavy (non-hydrogen) atoms. The average Bonchev–Trinajstić information content (AvgIpc) is 3.21. The molecule has 1 aliphatic rings. The van der Waals surface area contributed by atoms with E-state index in [0.29, 0.717) is 5.92 Å². The van der Waals surface area contributed by atoms with E-state index in [9.17, 15) is 0 Å². The molecule has 3 heterocycles. The highest BCUT2D eigenvalue weighted by Crippen LogP contribution is 2.39. The molecular weight excluding hydrogens is 320 g/mol. The van der Waals surface area contributed by atoms with E-state index >= 15 is 0 Å². The Morgan fingerprint density at radius 3 is 3.00 bits per heavy atom. The van der Waals surface area contributed by atoms with Gasteiger partial charge >= 0.3 is 0 Å². The molecule has 0 saturated heterocycles. The van der Waals surface area contributed by atoms with Gasteiger partial charge in [0, 0.05) is 23.9 Å². The van der Waals surface area contributed by atoms with Gasteiger partial charge in [-0.2, -0.15) is 0 Å². The van der Waals surface area contributed by atoms with Gasteiger partial charge in [-0.1, -0.05) is 13.8 Å². The molecule has 7 heteroatoms. The molecule has 0 aromatic carbocycles. The molecule has 0 saturated carbocycles. The van der Waals surface area contributed by atoms with Crippen LogP contribution in [0.25, 0.3) is 10.2 Å². The Bertz CT molecular complexity index is 879. The Kier molecular flexibility index (Phi) is 3.96. The van der Waals surface area contributed by atoms with E-state index in [4.69, 9.17) is 0 Å². The first kappa shape index (κ1) is 15.5. The van der Waals surface area contributed by atoms with Crippen LogP contribution in [0.2, 0.25) is 0 Å². The van der Waals surface area contributed by atoms with Crippen molar-refractivity contribution in [1.82, 2.24) is 24.7 Å². The summed E-state index contributed by atoms with van der Waals surface area (Å²) in [5.74, 6) is 3.21. The Morgan fingerprint density at radius 2 is 2.17 bits per heavy atom. The van der Waals surface area contributed by atoms with E-state index in [1.807, 2.05) is 18.3 Å². The Labute approximate surface area is 145 Å². The van der Waals surface area contributed by atoms with Gasteiger partial charge in [0.2, 0.25) is 0 Å². The molecule has 0 fully saturated rings. The van der Waals surface area contributed by atoms with Gasteiger partial charge in [0.1, 0.15) is 28.6 Å². The fraction of sp³-hybridized carbons (Fsp3) is 0.529. The van der Waals surface area contributed by atoms with Gasteiger partial charge in [-0.15, -0.1) is 21.5 Å². The third kappa shape index (κ3) is 2.66. The highest BCUT2D eigenvalue weighted by molar-refractivity contribution is 7.19. The predicted molar refractivity (Wildman–Crippen MR) is 96.8 cm³/mol. The van der Waals surface area contributed by atoms with Crippen LogP contribution in [0.3, 0.4) is 0 Å². The fourth-order valence-electron chi connectivity index (χ4n) is 3.41. The predicted octanol–water partition coefficient (Wildman–Crippen LogP) is 3.32. The van der Waals surface area contributed by atoms with Crippen LogP contribution in [0.1, 0.15) is 48.3 Å². The number of anilines is 1. The lowest BCUT2D eigenvalue weighted by molar-refractivity contribution is 0.636. The monoisotopic (exact) mass is 342 g/mol. The maximum Gasteiger partial charge on any atom is 0.138 e. The SMILES string of the molecule is Cc1nc(NCCn2cnnc2C(C)C)c2c3c(sc2n1)CCC3. The molecule has 0 aliphatic heterocycles. The zero-order valence-electron chi connectivity index (χ0n) is 14.3. The molecule has 4 rings (SSSR count). The van der Waals surface area contributed by atoms with E-state index in [1.54, 1.807) is 6.33 Å². The number of rotatable bonds is 5. The fourth-order valence-corrected chi connectivity index (χ4v) is 4.72. The van der Waals surface area contributed by atoms with Crippen LogP contribution in [0.5, 0.6) is 0 Å². The lowest BCUT2D eigenvalue weighted by Crippen LogP contribution is -2.14. The number of fused-ring (bicyclic) bond motifs is 3. The summed E-state index contributed by atoms with van der Waals surface area (Å²) >= 11 is 1.84. The number of hydrogen-bond donors (Lipinski definition) is 1. The molecule has 0 atom stereocenters. The summed E-state index contributed by atoms with van der Waals surface area (Å²) in [5.41, 5.74) is 1.46. The third-order valence-electron chi connectivity index (χ3n) is 4.48. The van der Waals surface area contributed by atoms with Gasteiger partial charge in [-0.3, -0.25) is 0 Å². The molecular formula is C17H22N6S. The van der Waals surface area contributed by atoms with Crippen molar-refractivity contribution in [2.45, 2.75) is 52.5 Å². The van der Waals surface area contributed by atoms with E-state index in [-0.39, 0.29) is 0 Å². The summed E-state index contributed by atoms with van der Waals surface area (Å²) in [4.78, 5) is 11.9. The van der Waals surface area contributed by atoms with Crippen molar-refractivity contribution < 1.29 is 0 Å². The van der Waals surface area contributed by atoms with Gasteiger partial charge in [0.15, 0.2) is 0 Å². The van der Waals surface area contributed by atoms with Crippen LogP contribution in [-0.2, 0) is 19.4 Å². The molecule has 1 N–H and O–H groups in total. The maximum absolute atomic E-state index is 4.67. The van der Waals surface area contributed by atoms with Crippen molar-refractivity contribution in [1.29, 1.82) is 0 Å². The van der Waals surface area contributed by atoms with Gasteiger partial charge in [0.25, 0.3) is 0 Å². The van der Waals surface area contributed by atoms with Gasteiger partial charge in [-0.25, -0.2) is 9.97 Å². The van der Waals surface area contributed by atoms with Gasteiger partial charge in [0.05, 0.1) is 5.39 Å². The van der Waals surface area contributed by atoms with Crippen molar-refractivity contribution in [2.75, 3.05) is 11.9 Å². The first-order valence-corrected chi connectivity index (χ1v) is 9.35. The zero-order valence-corrected chi connectivity index (χ0v) is 15.2. The molecule has 126 valence electrons. The number of thiophene rings is 1. The summed E-state index contributed by atoms with van der Waals surface area (Å²) < 4.78 is 2.11. The minimum atomic E-state index is 0.376. The topological polar surface area (TPSA) is 68.5 Å². The summed E-state index contributed by atoms with van der Waals surface area (Å²) in [6, 6.07) is 0. The van der Waals surface area contributed by atoms with Crippen molar-refractivity contribution >= 4 is 27.4 Å². The number of nitrogens with zero attached hydrogens (tertiary/aromatic N) is 5. The highest BCUT2D eigenvalue weighted by Gasteiger charge is 2.21. The molecule has 3 aromatic heterocycles. The van der Waals surface area contributed by atoms with Crippen LogP contribution in [0.15, 0.2) is 6.33 Å². The molecule has 0 bridgehead atoms. The second kappa shape index (κ2) is 6.12. The maximum atomic E-state index is 4.67. The summed E-state index contributed by atoms with van der Waals surface area (Å²) in [5, 5.41) is 13.0. The van der Waals surface area contributed by atoms with E-state index < -0.39 is 0 Å². The number of hydrogen-bond acceptors (Lipinski definition) is 6. The number of nitrogens with one attached hydrogen (secondary N) is 1. The largest absolute Gasteiger partial charge is 0.368 e. The standard InChI is InChI=1S/C17H22N6S/c1-10(2)16-22-19-9-23(16)8-7-18-15-14-12-5-4-6-13(12)24-17(14)21-11(3)20-15/h9-10H,4-8H2,1-3H3,(H,18,20,21). The van der Waals surface area contributed by atoms with Crippen molar-refractivity contribution in [2.24, 2.45) is 0 Å². The van der Waals surface area contributed by atoms with E-state index in [1.165, 1.54) is 28.7 Å². The van der Waals surface area contributed by atoms with Gasteiger partial charge < -0.3 is 9.88 Å². The molecule has 1 aliphatic carbocycles. The van der Waals surface area contributed by atoms with Crippen LogP contribution < -0.4 is 5.32 Å². The average molecular weight is 342 g/mol.